The zero-order chi connectivity index (χ0) is 13.9. The van der Waals surface area contributed by atoms with E-state index in [0.29, 0.717) is 5.92 Å². The molecule has 4 heteroatoms. The van der Waals surface area contributed by atoms with E-state index in [1.165, 1.54) is 0 Å². The predicted molar refractivity (Wildman–Crippen MR) is 73.3 cm³/mol. The Hall–Kier alpha value is -0.610. The molecule has 1 aliphatic rings. The third-order valence-electron chi connectivity index (χ3n) is 3.68. The van der Waals surface area contributed by atoms with E-state index >= 15 is 0 Å². The zero-order valence-electron chi connectivity index (χ0n) is 12.4. The molecule has 1 aliphatic heterocycles. The van der Waals surface area contributed by atoms with Crippen molar-refractivity contribution in [1.82, 2.24) is 10.2 Å². The summed E-state index contributed by atoms with van der Waals surface area (Å²) in [6.07, 6.45) is 1.72. The highest BCUT2D eigenvalue weighted by atomic mass is 16.3. The Morgan fingerprint density at radius 1 is 1.28 bits per heavy atom. The molecule has 1 saturated heterocycles. The molecule has 18 heavy (non-hydrogen) atoms. The Balaban J connectivity index is 2.45. The average Bonchev–Trinajstić information content (AvgIpc) is 2.26. The summed E-state index contributed by atoms with van der Waals surface area (Å²) in [6.45, 7) is 11.6. The maximum atomic E-state index is 12.1. The van der Waals surface area contributed by atoms with Crippen LogP contribution in [0.25, 0.3) is 0 Å². The van der Waals surface area contributed by atoms with E-state index in [2.05, 4.69) is 10.2 Å². The first-order chi connectivity index (χ1) is 8.20. The van der Waals surface area contributed by atoms with E-state index < -0.39 is 0 Å². The summed E-state index contributed by atoms with van der Waals surface area (Å²) in [6, 6.07) is -0.0841. The summed E-state index contributed by atoms with van der Waals surface area (Å²) < 4.78 is 0. The Bertz CT molecular complexity index is 276. The number of nitrogens with one attached hydrogen (secondary N) is 1. The van der Waals surface area contributed by atoms with Gasteiger partial charge in [-0.1, -0.05) is 0 Å². The van der Waals surface area contributed by atoms with Gasteiger partial charge in [-0.3, -0.25) is 9.69 Å². The summed E-state index contributed by atoms with van der Waals surface area (Å²) in [4.78, 5) is 14.3. The fourth-order valence-corrected chi connectivity index (χ4v) is 2.43. The van der Waals surface area contributed by atoms with Gasteiger partial charge in [0.15, 0.2) is 0 Å². The molecule has 106 valence electrons. The molecule has 0 aromatic rings. The molecule has 2 N–H and O–H groups in total. The molecule has 0 spiro atoms. The quantitative estimate of drug-likeness (QED) is 0.802. The summed E-state index contributed by atoms with van der Waals surface area (Å²) >= 11 is 0. The van der Waals surface area contributed by atoms with Crippen LogP contribution < -0.4 is 5.32 Å². The molecule has 0 saturated carbocycles. The SMILES string of the molecule is CC(O)C1CCN(C(C)C(=O)NC(C)(C)C)CC1. The first-order valence-corrected chi connectivity index (χ1v) is 6.95. The lowest BCUT2D eigenvalue weighted by atomic mass is 9.91. The maximum Gasteiger partial charge on any atom is 0.237 e. The number of rotatable bonds is 3. The molecule has 0 radical (unpaired) electrons. The number of nitrogens with zero attached hydrogens (tertiary/aromatic N) is 1. The minimum atomic E-state index is -0.231. The van der Waals surface area contributed by atoms with Crippen LogP contribution in [0.3, 0.4) is 0 Å². The fourth-order valence-electron chi connectivity index (χ4n) is 2.43. The molecular weight excluding hydrogens is 228 g/mol. The van der Waals surface area contributed by atoms with Gasteiger partial charge in [-0.05, 0) is 66.5 Å². The second kappa shape index (κ2) is 6.02. The molecule has 0 aromatic heterocycles. The minimum Gasteiger partial charge on any atom is -0.393 e. The maximum absolute atomic E-state index is 12.1. The Labute approximate surface area is 111 Å². The zero-order valence-corrected chi connectivity index (χ0v) is 12.4. The molecule has 0 aliphatic carbocycles. The molecule has 4 nitrogen and oxygen atoms in total. The van der Waals surface area contributed by atoms with Crippen LogP contribution in [0.2, 0.25) is 0 Å². The molecule has 0 aromatic carbocycles. The highest BCUT2D eigenvalue weighted by Gasteiger charge is 2.29. The van der Waals surface area contributed by atoms with Gasteiger partial charge in [0.1, 0.15) is 0 Å². The Kier molecular flexibility index (Phi) is 5.17. The van der Waals surface area contributed by atoms with E-state index in [0.717, 1.165) is 25.9 Å². The third-order valence-corrected chi connectivity index (χ3v) is 3.68. The smallest absolute Gasteiger partial charge is 0.237 e. The van der Waals surface area contributed by atoms with Crippen LogP contribution >= 0.6 is 0 Å². The van der Waals surface area contributed by atoms with Crippen LogP contribution in [0.1, 0.15) is 47.5 Å². The number of carbonyl (C=O) groups is 1. The number of amides is 1. The third kappa shape index (κ3) is 4.58. The van der Waals surface area contributed by atoms with Crippen molar-refractivity contribution in [2.75, 3.05) is 13.1 Å². The van der Waals surface area contributed by atoms with E-state index in [1.54, 1.807) is 0 Å². The monoisotopic (exact) mass is 256 g/mol. The van der Waals surface area contributed by atoms with Crippen molar-refractivity contribution in [3.8, 4) is 0 Å². The lowest BCUT2D eigenvalue weighted by molar-refractivity contribution is -0.128. The largest absolute Gasteiger partial charge is 0.393 e. The molecule has 0 bridgehead atoms. The summed E-state index contributed by atoms with van der Waals surface area (Å²) in [5, 5.41) is 12.6. The summed E-state index contributed by atoms with van der Waals surface area (Å²) in [5.41, 5.74) is -0.177. The first kappa shape index (κ1) is 15.4. The topological polar surface area (TPSA) is 52.6 Å². The summed E-state index contributed by atoms with van der Waals surface area (Å²) in [7, 11) is 0. The van der Waals surface area contributed by atoms with Crippen LogP contribution in [-0.4, -0.2) is 46.7 Å². The van der Waals surface area contributed by atoms with Gasteiger partial charge in [-0.15, -0.1) is 0 Å². The second-order valence-electron chi connectivity index (χ2n) is 6.53. The van der Waals surface area contributed by atoms with Crippen LogP contribution in [0.4, 0.5) is 0 Å². The van der Waals surface area contributed by atoms with Crippen molar-refractivity contribution >= 4 is 5.91 Å². The van der Waals surface area contributed by atoms with Crippen LogP contribution in [0.5, 0.6) is 0 Å². The molecule has 1 rings (SSSR count). The minimum absolute atomic E-state index is 0.0841. The van der Waals surface area contributed by atoms with Crippen molar-refractivity contribution in [1.29, 1.82) is 0 Å². The van der Waals surface area contributed by atoms with Crippen molar-refractivity contribution in [2.45, 2.75) is 65.1 Å². The predicted octanol–water partition coefficient (Wildman–Crippen LogP) is 1.38. The van der Waals surface area contributed by atoms with E-state index in [1.807, 2.05) is 34.6 Å². The molecular formula is C14H28N2O2. The average molecular weight is 256 g/mol. The normalized spacial score (nSPS) is 22.6. The van der Waals surface area contributed by atoms with Gasteiger partial charge in [0.25, 0.3) is 0 Å². The van der Waals surface area contributed by atoms with Crippen LogP contribution in [0.15, 0.2) is 0 Å². The van der Waals surface area contributed by atoms with Gasteiger partial charge in [-0.25, -0.2) is 0 Å². The molecule has 1 heterocycles. The van der Waals surface area contributed by atoms with E-state index in [9.17, 15) is 9.90 Å². The molecule has 2 atom stereocenters. The van der Waals surface area contributed by atoms with Gasteiger partial charge in [0, 0.05) is 5.54 Å². The number of piperidine rings is 1. The van der Waals surface area contributed by atoms with Crippen molar-refractivity contribution in [3.05, 3.63) is 0 Å². The van der Waals surface area contributed by atoms with E-state index in [4.69, 9.17) is 0 Å². The molecule has 2 unspecified atom stereocenters. The van der Waals surface area contributed by atoms with Crippen molar-refractivity contribution < 1.29 is 9.90 Å². The van der Waals surface area contributed by atoms with Gasteiger partial charge >= 0.3 is 0 Å². The van der Waals surface area contributed by atoms with Crippen LogP contribution in [-0.2, 0) is 4.79 Å². The lowest BCUT2D eigenvalue weighted by Crippen LogP contribution is -2.53. The Morgan fingerprint density at radius 2 is 1.78 bits per heavy atom. The number of carbonyl (C=O) groups excluding carboxylic acids is 1. The van der Waals surface area contributed by atoms with Gasteiger partial charge < -0.3 is 10.4 Å². The molecule has 1 amide bonds. The highest BCUT2D eigenvalue weighted by Crippen LogP contribution is 2.22. The number of aliphatic hydroxyl groups is 1. The van der Waals surface area contributed by atoms with Gasteiger partial charge in [0.2, 0.25) is 5.91 Å². The van der Waals surface area contributed by atoms with E-state index in [-0.39, 0.29) is 23.6 Å². The second-order valence-corrected chi connectivity index (χ2v) is 6.53. The van der Waals surface area contributed by atoms with Gasteiger partial charge in [0.05, 0.1) is 12.1 Å². The number of aliphatic hydroxyl groups excluding tert-OH is 1. The lowest BCUT2D eigenvalue weighted by Gasteiger charge is -2.37. The number of hydrogen-bond donors (Lipinski definition) is 2. The standard InChI is InChI=1S/C14H28N2O2/c1-10(13(18)15-14(3,4)5)16-8-6-12(7-9-16)11(2)17/h10-12,17H,6-9H2,1-5H3,(H,15,18). The van der Waals surface area contributed by atoms with Crippen LogP contribution in [0, 0.1) is 5.92 Å². The molecule has 1 fully saturated rings. The highest BCUT2D eigenvalue weighted by molar-refractivity contribution is 5.81. The van der Waals surface area contributed by atoms with Crippen molar-refractivity contribution in [2.24, 2.45) is 5.92 Å². The first-order valence-electron chi connectivity index (χ1n) is 6.95. The number of likely N-dealkylation sites (tertiary alicyclic amines) is 1. The van der Waals surface area contributed by atoms with Gasteiger partial charge in [-0.2, -0.15) is 0 Å². The fraction of sp³-hybridized carbons (Fsp3) is 0.929. The summed E-state index contributed by atoms with van der Waals surface area (Å²) in [5.74, 6) is 0.483. The Morgan fingerprint density at radius 3 is 2.17 bits per heavy atom. The number of hydrogen-bond acceptors (Lipinski definition) is 3. The van der Waals surface area contributed by atoms with Crippen molar-refractivity contribution in [3.63, 3.8) is 0 Å².